The number of pyridine rings is 1. The lowest BCUT2D eigenvalue weighted by Crippen LogP contribution is -2.49. The van der Waals surface area contributed by atoms with Crippen LogP contribution in [0.1, 0.15) is 11.3 Å². The van der Waals surface area contributed by atoms with Crippen LogP contribution in [0.15, 0.2) is 59.4 Å². The van der Waals surface area contributed by atoms with E-state index in [1.54, 1.807) is 20.1 Å². The number of nitriles is 1. The van der Waals surface area contributed by atoms with Gasteiger partial charge in [-0.25, -0.2) is 0 Å². The van der Waals surface area contributed by atoms with Crippen LogP contribution in [0, 0.1) is 18.3 Å². The Labute approximate surface area is 217 Å². The van der Waals surface area contributed by atoms with Crippen LogP contribution in [0.2, 0.25) is 0 Å². The number of aliphatic hydroxyl groups excluding tert-OH is 1. The van der Waals surface area contributed by atoms with E-state index in [-0.39, 0.29) is 30.1 Å². The van der Waals surface area contributed by atoms with Crippen molar-refractivity contribution in [3.05, 3.63) is 76.2 Å². The molecule has 1 aliphatic heterocycles. The zero-order valence-electron chi connectivity index (χ0n) is 20.4. The number of hydrogen-bond donors (Lipinski definition) is 2. The van der Waals surface area contributed by atoms with Gasteiger partial charge in [-0.05, 0) is 42.8 Å². The number of benzene rings is 2. The summed E-state index contributed by atoms with van der Waals surface area (Å²) in [7, 11) is 1.69. The molecule has 1 unspecified atom stereocenters. The first-order valence-corrected chi connectivity index (χ1v) is 11.6. The maximum Gasteiger partial charge on any atom is 0.266 e. The molecular formula is C27H31ClN4O4. The third-order valence-corrected chi connectivity index (χ3v) is 6.23. The second-order valence-corrected chi connectivity index (χ2v) is 8.61. The summed E-state index contributed by atoms with van der Waals surface area (Å²) < 4.78 is 11.3. The fraction of sp³-hybridized carbons (Fsp3) is 0.333. The van der Waals surface area contributed by atoms with Gasteiger partial charge < -0.3 is 24.5 Å². The lowest BCUT2D eigenvalue weighted by atomic mass is 10.0. The largest absolute Gasteiger partial charge is 0.495 e. The van der Waals surface area contributed by atoms with Crippen molar-refractivity contribution in [1.29, 1.82) is 5.26 Å². The second-order valence-electron chi connectivity index (χ2n) is 8.61. The minimum Gasteiger partial charge on any atom is -0.495 e. The van der Waals surface area contributed by atoms with Crippen molar-refractivity contribution >= 4 is 18.1 Å². The van der Waals surface area contributed by atoms with Crippen LogP contribution in [0.3, 0.4) is 0 Å². The number of hydrogen-bond acceptors (Lipinski definition) is 7. The van der Waals surface area contributed by atoms with E-state index in [1.165, 1.54) is 0 Å². The molecule has 4 rings (SSSR count). The number of aryl methyl sites for hydroxylation is 1. The molecule has 1 fully saturated rings. The highest BCUT2D eigenvalue weighted by atomic mass is 35.5. The van der Waals surface area contributed by atoms with Gasteiger partial charge in [0.05, 0.1) is 12.8 Å². The molecule has 2 N–H and O–H groups in total. The van der Waals surface area contributed by atoms with Crippen LogP contribution < -0.4 is 19.9 Å². The monoisotopic (exact) mass is 510 g/mol. The molecule has 9 heteroatoms. The molecule has 2 heterocycles. The summed E-state index contributed by atoms with van der Waals surface area (Å²) in [5.41, 5.74) is 3.16. The molecule has 0 amide bonds. The van der Waals surface area contributed by atoms with E-state index in [9.17, 15) is 9.90 Å². The van der Waals surface area contributed by atoms with Gasteiger partial charge in [0.2, 0.25) is 0 Å². The molecule has 1 aliphatic rings. The Morgan fingerprint density at radius 1 is 1.11 bits per heavy atom. The maximum absolute atomic E-state index is 11.8. The van der Waals surface area contributed by atoms with Crippen LogP contribution in [0.5, 0.6) is 11.5 Å². The minimum absolute atomic E-state index is 0. The Bertz CT molecular complexity index is 1250. The molecule has 190 valence electrons. The molecule has 1 aromatic heterocycles. The van der Waals surface area contributed by atoms with Crippen molar-refractivity contribution in [3.63, 3.8) is 0 Å². The van der Waals surface area contributed by atoms with Crippen molar-refractivity contribution in [1.82, 2.24) is 9.88 Å². The zero-order valence-corrected chi connectivity index (χ0v) is 21.3. The summed E-state index contributed by atoms with van der Waals surface area (Å²) in [6.45, 7) is 5.99. The predicted molar refractivity (Wildman–Crippen MR) is 142 cm³/mol. The van der Waals surface area contributed by atoms with Gasteiger partial charge in [-0.3, -0.25) is 9.69 Å². The first-order chi connectivity index (χ1) is 17.0. The normalized spacial score (nSPS) is 14.4. The Hall–Kier alpha value is -3.51. The van der Waals surface area contributed by atoms with Gasteiger partial charge in [0.25, 0.3) is 5.56 Å². The SMILES string of the molecule is COc1ccccc1N1CCN(CC(O)COc2ccc(-c3cc(C#N)c(=O)[nH]c3C)cc2)CC1.Cl. The number of anilines is 1. The number of nitrogens with one attached hydrogen (secondary N) is 1. The van der Waals surface area contributed by atoms with Crippen LogP contribution in [-0.4, -0.2) is 67.5 Å². The molecule has 0 spiro atoms. The summed E-state index contributed by atoms with van der Waals surface area (Å²) in [4.78, 5) is 19.0. The molecule has 2 aromatic carbocycles. The van der Waals surface area contributed by atoms with Gasteiger partial charge in [-0.2, -0.15) is 5.26 Å². The van der Waals surface area contributed by atoms with Crippen molar-refractivity contribution in [2.24, 2.45) is 0 Å². The number of H-pyrrole nitrogens is 1. The van der Waals surface area contributed by atoms with Crippen LogP contribution in [0.25, 0.3) is 11.1 Å². The number of nitrogens with zero attached hydrogens (tertiary/aromatic N) is 3. The predicted octanol–water partition coefficient (Wildman–Crippen LogP) is 3.21. The maximum atomic E-state index is 11.8. The Morgan fingerprint density at radius 3 is 2.47 bits per heavy atom. The van der Waals surface area contributed by atoms with E-state index in [0.717, 1.165) is 48.7 Å². The molecule has 0 saturated carbocycles. The van der Waals surface area contributed by atoms with Crippen molar-refractivity contribution in [3.8, 4) is 28.7 Å². The quantitative estimate of drug-likeness (QED) is 0.479. The minimum atomic E-state index is -0.605. The van der Waals surface area contributed by atoms with E-state index in [1.807, 2.05) is 48.5 Å². The highest BCUT2D eigenvalue weighted by Gasteiger charge is 2.21. The fourth-order valence-electron chi connectivity index (χ4n) is 4.34. The first kappa shape index (κ1) is 27.1. The van der Waals surface area contributed by atoms with E-state index in [2.05, 4.69) is 20.9 Å². The van der Waals surface area contributed by atoms with Gasteiger partial charge in [0.15, 0.2) is 0 Å². The summed E-state index contributed by atoms with van der Waals surface area (Å²) in [6.07, 6.45) is -0.605. The molecular weight excluding hydrogens is 480 g/mol. The summed E-state index contributed by atoms with van der Waals surface area (Å²) in [5, 5.41) is 19.6. The van der Waals surface area contributed by atoms with Gasteiger partial charge in [-0.1, -0.05) is 24.3 Å². The molecule has 0 radical (unpaired) electrons. The van der Waals surface area contributed by atoms with Crippen LogP contribution in [-0.2, 0) is 0 Å². The third-order valence-electron chi connectivity index (χ3n) is 6.23. The lowest BCUT2D eigenvalue weighted by molar-refractivity contribution is 0.0663. The molecule has 3 aromatic rings. The average Bonchev–Trinajstić information content (AvgIpc) is 2.88. The van der Waals surface area contributed by atoms with Crippen molar-refractivity contribution in [2.75, 3.05) is 51.3 Å². The molecule has 1 atom stereocenters. The van der Waals surface area contributed by atoms with E-state index < -0.39 is 6.10 Å². The summed E-state index contributed by atoms with van der Waals surface area (Å²) in [6, 6.07) is 18.9. The Morgan fingerprint density at radius 2 is 1.81 bits per heavy atom. The highest BCUT2D eigenvalue weighted by molar-refractivity contribution is 5.85. The van der Waals surface area contributed by atoms with Crippen LogP contribution >= 0.6 is 12.4 Å². The third kappa shape index (κ3) is 6.38. The number of methoxy groups -OCH3 is 1. The molecule has 1 saturated heterocycles. The average molecular weight is 511 g/mol. The van der Waals surface area contributed by atoms with Gasteiger partial charge in [0.1, 0.15) is 35.8 Å². The van der Waals surface area contributed by atoms with Crippen LogP contribution in [0.4, 0.5) is 5.69 Å². The molecule has 0 aliphatic carbocycles. The summed E-state index contributed by atoms with van der Waals surface area (Å²) in [5.74, 6) is 1.53. The number of β-amino-alcohol motifs (C(OH)–C–C–N with tert-alkyl or cyclic N) is 1. The standard InChI is InChI=1S/C27H30N4O4.ClH/c1-19-24(15-21(16-28)27(33)29-19)20-7-9-23(10-8-20)35-18-22(32)17-30-11-13-31(14-12-30)25-5-3-4-6-26(25)34-2;/h3-10,15,22,32H,11-14,17-18H2,1-2H3,(H,29,33);1H. The highest BCUT2D eigenvalue weighted by Crippen LogP contribution is 2.28. The van der Waals surface area contributed by atoms with Gasteiger partial charge >= 0.3 is 0 Å². The number of aliphatic hydroxyl groups is 1. The number of ether oxygens (including phenoxy) is 2. The molecule has 8 nitrogen and oxygen atoms in total. The Balaban J connectivity index is 0.00000361. The number of piperazine rings is 1. The van der Waals surface area contributed by atoms with E-state index in [0.29, 0.717) is 18.0 Å². The number of para-hydroxylation sites is 2. The van der Waals surface area contributed by atoms with Gasteiger partial charge in [-0.15, -0.1) is 12.4 Å². The van der Waals surface area contributed by atoms with Gasteiger partial charge in [0, 0.05) is 44.0 Å². The van der Waals surface area contributed by atoms with E-state index >= 15 is 0 Å². The molecule has 36 heavy (non-hydrogen) atoms. The first-order valence-electron chi connectivity index (χ1n) is 11.6. The number of halogens is 1. The smallest absolute Gasteiger partial charge is 0.266 e. The summed E-state index contributed by atoms with van der Waals surface area (Å²) >= 11 is 0. The number of rotatable bonds is 8. The zero-order chi connectivity index (χ0) is 24.8. The number of aromatic nitrogens is 1. The Kier molecular flexibility index (Phi) is 9.37. The topological polar surface area (TPSA) is 102 Å². The number of aromatic amines is 1. The van der Waals surface area contributed by atoms with Crippen molar-refractivity contribution < 1.29 is 14.6 Å². The van der Waals surface area contributed by atoms with Crippen molar-refractivity contribution in [2.45, 2.75) is 13.0 Å². The van der Waals surface area contributed by atoms with E-state index in [4.69, 9.17) is 14.7 Å². The lowest BCUT2D eigenvalue weighted by Gasteiger charge is -2.37. The fourth-order valence-corrected chi connectivity index (χ4v) is 4.34. The molecule has 0 bridgehead atoms. The second kappa shape index (κ2) is 12.5.